The summed E-state index contributed by atoms with van der Waals surface area (Å²) in [6, 6.07) is 4.44. The first-order chi connectivity index (χ1) is 9.88. The zero-order valence-corrected chi connectivity index (χ0v) is 12.1. The molecular weight excluding hydrogens is 272 g/mol. The average Bonchev–Trinajstić information content (AvgIpc) is 2.38. The maximum atomic E-state index is 11.4. The number of benzene rings is 1. The van der Waals surface area contributed by atoms with Gasteiger partial charge in [0.1, 0.15) is 0 Å². The maximum Gasteiger partial charge on any atom is 0.330 e. The average molecular weight is 290 g/mol. The van der Waals surface area contributed by atoms with Crippen LogP contribution in [0.4, 0.5) is 0 Å². The highest BCUT2D eigenvalue weighted by atomic mass is 16.5. The van der Waals surface area contributed by atoms with Crippen LogP contribution in [-0.2, 0) is 14.3 Å². The van der Waals surface area contributed by atoms with Crippen LogP contribution < -0.4 is 4.74 Å². The minimum Gasteiger partial charge on any atom is -0.504 e. The quantitative estimate of drug-likeness (QED) is 0.377. The SMILES string of the molecule is C=C(C)CCOC(=O)/C=C/c1ccc(OC(C)=O)c(O)c1. The molecule has 1 aromatic rings. The molecule has 1 aromatic carbocycles. The highest BCUT2D eigenvalue weighted by Crippen LogP contribution is 2.27. The van der Waals surface area contributed by atoms with Crippen molar-refractivity contribution in [2.24, 2.45) is 0 Å². The molecule has 0 heterocycles. The summed E-state index contributed by atoms with van der Waals surface area (Å²) in [5.41, 5.74) is 1.53. The number of esters is 2. The fourth-order valence-electron chi connectivity index (χ4n) is 1.42. The fraction of sp³-hybridized carbons (Fsp3) is 0.250. The summed E-state index contributed by atoms with van der Waals surface area (Å²) in [7, 11) is 0. The van der Waals surface area contributed by atoms with Crippen LogP contribution in [0.3, 0.4) is 0 Å². The molecule has 0 unspecified atom stereocenters. The van der Waals surface area contributed by atoms with Crippen LogP contribution in [0.15, 0.2) is 36.4 Å². The molecule has 0 radical (unpaired) electrons. The van der Waals surface area contributed by atoms with E-state index in [-0.39, 0.29) is 18.1 Å². The van der Waals surface area contributed by atoms with Crippen LogP contribution in [0.25, 0.3) is 6.08 Å². The molecule has 0 spiro atoms. The van der Waals surface area contributed by atoms with E-state index in [1.807, 2.05) is 6.92 Å². The maximum absolute atomic E-state index is 11.4. The summed E-state index contributed by atoms with van der Waals surface area (Å²) < 4.78 is 9.75. The number of hydrogen-bond donors (Lipinski definition) is 1. The molecular formula is C16H18O5. The highest BCUT2D eigenvalue weighted by Gasteiger charge is 2.05. The van der Waals surface area contributed by atoms with Crippen LogP contribution in [0, 0.1) is 0 Å². The van der Waals surface area contributed by atoms with Crippen molar-refractivity contribution >= 4 is 18.0 Å². The molecule has 21 heavy (non-hydrogen) atoms. The zero-order valence-electron chi connectivity index (χ0n) is 12.1. The first-order valence-electron chi connectivity index (χ1n) is 6.39. The lowest BCUT2D eigenvalue weighted by Gasteiger charge is -2.04. The van der Waals surface area contributed by atoms with E-state index in [0.717, 1.165) is 5.57 Å². The standard InChI is InChI=1S/C16H18O5/c1-11(2)8-9-20-16(19)7-5-13-4-6-15(14(18)10-13)21-12(3)17/h4-7,10,18H,1,8-9H2,2-3H3/b7-5+. The van der Waals surface area contributed by atoms with E-state index in [1.54, 1.807) is 6.07 Å². The fourth-order valence-corrected chi connectivity index (χ4v) is 1.42. The molecule has 0 saturated carbocycles. The number of aromatic hydroxyl groups is 1. The predicted molar refractivity (Wildman–Crippen MR) is 78.8 cm³/mol. The number of carbonyl (C=O) groups excluding carboxylic acids is 2. The van der Waals surface area contributed by atoms with Gasteiger partial charge in [-0.3, -0.25) is 4.79 Å². The normalized spacial score (nSPS) is 10.4. The Kier molecular flexibility index (Phi) is 6.20. The third kappa shape index (κ3) is 6.42. The third-order valence-corrected chi connectivity index (χ3v) is 2.42. The minimum atomic E-state index is -0.519. The number of phenols is 1. The Morgan fingerprint density at radius 2 is 2.05 bits per heavy atom. The van der Waals surface area contributed by atoms with E-state index in [0.29, 0.717) is 12.0 Å². The second-order valence-corrected chi connectivity index (χ2v) is 4.53. The molecule has 5 heteroatoms. The molecule has 0 bridgehead atoms. The van der Waals surface area contributed by atoms with E-state index in [1.165, 1.54) is 31.2 Å². The van der Waals surface area contributed by atoms with Crippen LogP contribution in [0.2, 0.25) is 0 Å². The van der Waals surface area contributed by atoms with E-state index in [9.17, 15) is 14.7 Å². The predicted octanol–water partition coefficient (Wildman–Crippen LogP) is 2.84. The van der Waals surface area contributed by atoms with E-state index in [2.05, 4.69) is 6.58 Å². The van der Waals surface area contributed by atoms with Gasteiger partial charge in [-0.25, -0.2) is 4.79 Å². The largest absolute Gasteiger partial charge is 0.504 e. The molecule has 0 aliphatic rings. The Morgan fingerprint density at radius 3 is 2.62 bits per heavy atom. The summed E-state index contributed by atoms with van der Waals surface area (Å²) in [6.07, 6.45) is 3.39. The Morgan fingerprint density at radius 1 is 1.33 bits per heavy atom. The van der Waals surface area contributed by atoms with Gasteiger partial charge >= 0.3 is 11.9 Å². The van der Waals surface area contributed by atoms with Crippen molar-refractivity contribution in [1.82, 2.24) is 0 Å². The minimum absolute atomic E-state index is 0.0729. The van der Waals surface area contributed by atoms with Gasteiger partial charge < -0.3 is 14.6 Å². The van der Waals surface area contributed by atoms with Gasteiger partial charge in [-0.15, -0.1) is 6.58 Å². The van der Waals surface area contributed by atoms with Crippen LogP contribution in [-0.4, -0.2) is 23.7 Å². The van der Waals surface area contributed by atoms with Crippen LogP contribution >= 0.6 is 0 Å². The molecule has 0 atom stereocenters. The molecule has 1 rings (SSSR count). The van der Waals surface area contributed by atoms with Crippen LogP contribution in [0.5, 0.6) is 11.5 Å². The van der Waals surface area contributed by atoms with E-state index in [4.69, 9.17) is 9.47 Å². The van der Waals surface area contributed by atoms with Gasteiger partial charge in [0.15, 0.2) is 11.5 Å². The molecule has 1 N–H and O–H groups in total. The lowest BCUT2D eigenvalue weighted by molar-refractivity contribution is -0.137. The highest BCUT2D eigenvalue weighted by molar-refractivity contribution is 5.87. The molecule has 0 amide bonds. The molecule has 0 saturated heterocycles. The van der Waals surface area contributed by atoms with Crippen molar-refractivity contribution in [3.8, 4) is 11.5 Å². The van der Waals surface area contributed by atoms with Crippen molar-refractivity contribution in [3.63, 3.8) is 0 Å². The summed E-state index contributed by atoms with van der Waals surface area (Å²) in [4.78, 5) is 22.2. The van der Waals surface area contributed by atoms with Gasteiger partial charge in [0.25, 0.3) is 0 Å². The van der Waals surface area contributed by atoms with Gasteiger partial charge in [0.05, 0.1) is 6.61 Å². The van der Waals surface area contributed by atoms with Crippen LogP contribution in [0.1, 0.15) is 25.8 Å². The molecule has 0 aliphatic heterocycles. The van der Waals surface area contributed by atoms with Crippen molar-refractivity contribution in [3.05, 3.63) is 42.0 Å². The summed E-state index contributed by atoms with van der Waals surface area (Å²) in [6.45, 7) is 7.10. The van der Waals surface area contributed by atoms with Gasteiger partial charge in [-0.05, 0) is 30.7 Å². The van der Waals surface area contributed by atoms with Crippen molar-refractivity contribution in [2.45, 2.75) is 20.3 Å². The second-order valence-electron chi connectivity index (χ2n) is 4.53. The smallest absolute Gasteiger partial charge is 0.330 e. The summed E-state index contributed by atoms with van der Waals surface area (Å²) >= 11 is 0. The molecule has 0 aromatic heterocycles. The Bertz CT molecular complexity index is 572. The van der Waals surface area contributed by atoms with Crippen molar-refractivity contribution < 1.29 is 24.2 Å². The second kappa shape index (κ2) is 7.89. The Balaban J connectivity index is 2.60. The summed E-state index contributed by atoms with van der Waals surface area (Å²) in [5, 5.41) is 9.67. The number of rotatable bonds is 6. The lowest BCUT2D eigenvalue weighted by atomic mass is 10.2. The number of carbonyl (C=O) groups is 2. The lowest BCUT2D eigenvalue weighted by Crippen LogP contribution is -2.02. The number of ether oxygens (including phenoxy) is 2. The van der Waals surface area contributed by atoms with Gasteiger partial charge in [-0.1, -0.05) is 11.6 Å². The van der Waals surface area contributed by atoms with Crippen molar-refractivity contribution in [1.29, 1.82) is 0 Å². The third-order valence-electron chi connectivity index (χ3n) is 2.42. The van der Waals surface area contributed by atoms with E-state index >= 15 is 0 Å². The van der Waals surface area contributed by atoms with Gasteiger partial charge in [0.2, 0.25) is 0 Å². The Hall–Kier alpha value is -2.56. The first kappa shape index (κ1) is 16.5. The zero-order chi connectivity index (χ0) is 15.8. The number of hydrogen-bond acceptors (Lipinski definition) is 5. The van der Waals surface area contributed by atoms with Crippen molar-refractivity contribution in [2.75, 3.05) is 6.61 Å². The summed E-state index contributed by atoms with van der Waals surface area (Å²) in [5.74, 6) is -1.10. The molecule has 0 fully saturated rings. The molecule has 0 aliphatic carbocycles. The molecule has 5 nitrogen and oxygen atoms in total. The molecule has 112 valence electrons. The van der Waals surface area contributed by atoms with Gasteiger partial charge in [0, 0.05) is 19.4 Å². The topological polar surface area (TPSA) is 72.8 Å². The first-order valence-corrected chi connectivity index (χ1v) is 6.39. The Labute approximate surface area is 123 Å². The van der Waals surface area contributed by atoms with Gasteiger partial charge in [-0.2, -0.15) is 0 Å². The van der Waals surface area contributed by atoms with E-state index < -0.39 is 11.9 Å². The monoisotopic (exact) mass is 290 g/mol. The number of phenolic OH excluding ortho intramolecular Hbond substituents is 1.